The summed E-state index contributed by atoms with van der Waals surface area (Å²) in [6.07, 6.45) is -0.437. The first-order chi connectivity index (χ1) is 11.5. The summed E-state index contributed by atoms with van der Waals surface area (Å²) in [5, 5.41) is 3.95. The molecule has 0 spiro atoms. The number of rotatable bonds is 3. The van der Waals surface area contributed by atoms with Crippen molar-refractivity contribution in [3.8, 4) is 0 Å². The van der Waals surface area contributed by atoms with Gasteiger partial charge in [0.2, 0.25) is 11.7 Å². The molecule has 0 bridgehead atoms. The second-order valence-corrected chi connectivity index (χ2v) is 6.22. The van der Waals surface area contributed by atoms with Crippen LogP contribution in [0.2, 0.25) is 0 Å². The van der Waals surface area contributed by atoms with Crippen LogP contribution < -0.4 is 0 Å². The van der Waals surface area contributed by atoms with Gasteiger partial charge in [-0.15, -0.1) is 0 Å². The molecule has 3 rings (SSSR count). The quantitative estimate of drug-likeness (QED) is 0.864. The van der Waals surface area contributed by atoms with Gasteiger partial charge in [0.1, 0.15) is 11.9 Å². The summed E-state index contributed by atoms with van der Waals surface area (Å²) in [5.41, 5.74) is 1.11. The molecule has 128 valence electrons. The number of aromatic nitrogens is 2. The Labute approximate surface area is 139 Å². The van der Waals surface area contributed by atoms with Gasteiger partial charge in [-0.3, -0.25) is 4.79 Å². The predicted molar refractivity (Wildman–Crippen MR) is 84.1 cm³/mol. The topological polar surface area (TPSA) is 68.5 Å². The number of carbonyl (C=O) groups is 1. The van der Waals surface area contributed by atoms with Gasteiger partial charge in [0.15, 0.2) is 0 Å². The highest BCUT2D eigenvalue weighted by Crippen LogP contribution is 2.23. The number of amides is 1. The molecule has 1 aliphatic rings. The highest BCUT2D eigenvalue weighted by atomic mass is 19.1. The lowest BCUT2D eigenvalue weighted by molar-refractivity contribution is -0.0276. The number of benzene rings is 1. The molecule has 1 aliphatic heterocycles. The third kappa shape index (κ3) is 3.31. The van der Waals surface area contributed by atoms with Gasteiger partial charge in [-0.25, -0.2) is 4.39 Å². The summed E-state index contributed by atoms with van der Waals surface area (Å²) in [6.45, 7) is 6.84. The summed E-state index contributed by atoms with van der Waals surface area (Å²) in [7, 11) is 0. The minimum atomic E-state index is -0.437. The molecule has 1 saturated heterocycles. The number of morpholine rings is 1. The van der Waals surface area contributed by atoms with Crippen LogP contribution in [-0.4, -0.2) is 40.6 Å². The maximum atomic E-state index is 13.5. The van der Waals surface area contributed by atoms with Crippen LogP contribution >= 0.6 is 0 Å². The Morgan fingerprint density at radius 2 is 2.21 bits per heavy atom. The standard InChI is InChI=1S/C17H20FN3O3/c1-10(2)16-19-15(20-24-16)14-9-21(6-7-23-14)17(22)13-8-12(18)5-4-11(13)3/h4-5,8,10,14H,6-7,9H2,1-3H3/t14-/m0/s1. The molecular weight excluding hydrogens is 313 g/mol. The van der Waals surface area contributed by atoms with Crippen LogP contribution in [0, 0.1) is 12.7 Å². The number of hydrogen-bond donors (Lipinski definition) is 0. The molecule has 7 heteroatoms. The van der Waals surface area contributed by atoms with Crippen molar-refractivity contribution >= 4 is 5.91 Å². The molecule has 0 unspecified atom stereocenters. The Morgan fingerprint density at radius 3 is 2.92 bits per heavy atom. The van der Waals surface area contributed by atoms with Crippen LogP contribution in [0.15, 0.2) is 22.7 Å². The van der Waals surface area contributed by atoms with Gasteiger partial charge in [-0.1, -0.05) is 25.1 Å². The van der Waals surface area contributed by atoms with E-state index in [2.05, 4.69) is 10.1 Å². The minimum absolute atomic E-state index is 0.127. The van der Waals surface area contributed by atoms with Crippen molar-refractivity contribution in [1.82, 2.24) is 15.0 Å². The fourth-order valence-corrected chi connectivity index (χ4v) is 2.60. The van der Waals surface area contributed by atoms with E-state index in [1.165, 1.54) is 12.1 Å². The van der Waals surface area contributed by atoms with Crippen LogP contribution in [-0.2, 0) is 4.74 Å². The fraction of sp³-hybridized carbons (Fsp3) is 0.471. The lowest BCUT2D eigenvalue weighted by atomic mass is 10.1. The third-order valence-corrected chi connectivity index (χ3v) is 4.02. The summed E-state index contributed by atoms with van der Waals surface area (Å²) in [4.78, 5) is 18.7. The van der Waals surface area contributed by atoms with Crippen molar-refractivity contribution in [3.63, 3.8) is 0 Å². The Hall–Kier alpha value is -2.28. The van der Waals surface area contributed by atoms with E-state index < -0.39 is 11.9 Å². The molecule has 0 radical (unpaired) electrons. The van der Waals surface area contributed by atoms with Crippen LogP contribution in [0.4, 0.5) is 4.39 Å². The van der Waals surface area contributed by atoms with E-state index in [9.17, 15) is 9.18 Å². The molecule has 24 heavy (non-hydrogen) atoms. The zero-order valence-corrected chi connectivity index (χ0v) is 14.0. The second-order valence-electron chi connectivity index (χ2n) is 6.22. The molecule has 0 aliphatic carbocycles. The van der Waals surface area contributed by atoms with Gasteiger partial charge in [0, 0.05) is 18.0 Å². The fourth-order valence-electron chi connectivity index (χ4n) is 2.60. The molecular formula is C17H20FN3O3. The van der Waals surface area contributed by atoms with Crippen molar-refractivity contribution in [1.29, 1.82) is 0 Å². The van der Waals surface area contributed by atoms with E-state index in [4.69, 9.17) is 9.26 Å². The zero-order chi connectivity index (χ0) is 17.3. The molecule has 1 fully saturated rings. The van der Waals surface area contributed by atoms with Crippen LogP contribution in [0.25, 0.3) is 0 Å². The van der Waals surface area contributed by atoms with Gasteiger partial charge in [0.25, 0.3) is 5.91 Å². The molecule has 0 N–H and O–H groups in total. The SMILES string of the molecule is Cc1ccc(F)cc1C(=O)N1CCO[C@H](c2noc(C(C)C)n2)C1. The number of nitrogens with zero attached hydrogens (tertiary/aromatic N) is 3. The molecule has 2 heterocycles. The lowest BCUT2D eigenvalue weighted by Gasteiger charge is -2.31. The third-order valence-electron chi connectivity index (χ3n) is 4.02. The van der Waals surface area contributed by atoms with Crippen LogP contribution in [0.5, 0.6) is 0 Å². The van der Waals surface area contributed by atoms with E-state index >= 15 is 0 Å². The Bertz CT molecular complexity index is 744. The number of ether oxygens (including phenoxy) is 1. The maximum Gasteiger partial charge on any atom is 0.254 e. The van der Waals surface area contributed by atoms with Gasteiger partial charge in [-0.2, -0.15) is 4.98 Å². The van der Waals surface area contributed by atoms with Gasteiger partial charge < -0.3 is 14.2 Å². The van der Waals surface area contributed by atoms with E-state index in [0.717, 1.165) is 5.56 Å². The molecule has 1 aromatic heterocycles. The summed E-state index contributed by atoms with van der Waals surface area (Å²) < 4.78 is 24.3. The number of carbonyl (C=O) groups excluding carboxylic acids is 1. The Morgan fingerprint density at radius 1 is 1.42 bits per heavy atom. The second kappa shape index (κ2) is 6.68. The Balaban J connectivity index is 1.77. The van der Waals surface area contributed by atoms with Crippen molar-refractivity contribution in [2.24, 2.45) is 0 Å². The van der Waals surface area contributed by atoms with Gasteiger partial charge in [0.05, 0.1) is 13.2 Å². The van der Waals surface area contributed by atoms with Crippen LogP contribution in [0.3, 0.4) is 0 Å². The molecule has 2 aromatic rings. The monoisotopic (exact) mass is 333 g/mol. The van der Waals surface area contributed by atoms with Gasteiger partial charge >= 0.3 is 0 Å². The maximum absolute atomic E-state index is 13.5. The summed E-state index contributed by atoms with van der Waals surface area (Å²) >= 11 is 0. The molecule has 1 amide bonds. The van der Waals surface area contributed by atoms with Crippen molar-refractivity contribution < 1.29 is 18.4 Å². The molecule has 6 nitrogen and oxygen atoms in total. The molecule has 1 atom stereocenters. The summed E-state index contributed by atoms with van der Waals surface area (Å²) in [5.74, 6) is 0.467. The normalized spacial score (nSPS) is 18.2. The van der Waals surface area contributed by atoms with E-state index in [-0.39, 0.29) is 11.8 Å². The van der Waals surface area contributed by atoms with E-state index in [1.807, 2.05) is 13.8 Å². The largest absolute Gasteiger partial charge is 0.366 e. The smallest absolute Gasteiger partial charge is 0.254 e. The Kier molecular flexibility index (Phi) is 4.62. The highest BCUT2D eigenvalue weighted by molar-refractivity contribution is 5.95. The molecule has 0 saturated carbocycles. The first-order valence-corrected chi connectivity index (χ1v) is 7.96. The predicted octanol–water partition coefficient (Wildman–Crippen LogP) is 2.85. The van der Waals surface area contributed by atoms with E-state index in [0.29, 0.717) is 37.0 Å². The highest BCUT2D eigenvalue weighted by Gasteiger charge is 2.30. The van der Waals surface area contributed by atoms with Crippen molar-refractivity contribution in [2.45, 2.75) is 32.8 Å². The number of halogens is 1. The first-order valence-electron chi connectivity index (χ1n) is 7.96. The first kappa shape index (κ1) is 16.6. The lowest BCUT2D eigenvalue weighted by Crippen LogP contribution is -2.42. The van der Waals surface area contributed by atoms with Gasteiger partial charge in [-0.05, 0) is 24.6 Å². The average molecular weight is 333 g/mol. The number of aryl methyl sites for hydroxylation is 1. The van der Waals surface area contributed by atoms with Crippen LogP contribution in [0.1, 0.15) is 53.5 Å². The zero-order valence-electron chi connectivity index (χ0n) is 14.0. The number of hydrogen-bond acceptors (Lipinski definition) is 5. The molecule has 1 aromatic carbocycles. The van der Waals surface area contributed by atoms with E-state index in [1.54, 1.807) is 17.9 Å². The van der Waals surface area contributed by atoms with Crippen molar-refractivity contribution in [2.75, 3.05) is 19.7 Å². The van der Waals surface area contributed by atoms with Crippen molar-refractivity contribution in [3.05, 3.63) is 46.9 Å². The minimum Gasteiger partial charge on any atom is -0.366 e. The summed E-state index contributed by atoms with van der Waals surface area (Å²) in [6, 6.07) is 4.23. The average Bonchev–Trinajstić information content (AvgIpc) is 3.07.